The highest BCUT2D eigenvalue weighted by Crippen LogP contribution is 2.04. The minimum atomic E-state index is 0.624. The Labute approximate surface area is 81.4 Å². The van der Waals surface area contributed by atoms with Crippen molar-refractivity contribution < 1.29 is 4.74 Å². The molecule has 0 aliphatic carbocycles. The first kappa shape index (κ1) is 11.0. The SMILES string of the molecule is CN(C)CCCOCC1CCCN1. The minimum Gasteiger partial charge on any atom is -0.380 e. The second-order valence-corrected chi connectivity index (χ2v) is 4.03. The van der Waals surface area contributed by atoms with E-state index in [0.717, 1.165) is 26.2 Å². The lowest BCUT2D eigenvalue weighted by Gasteiger charge is -2.12. The fraction of sp³-hybridized carbons (Fsp3) is 1.00. The van der Waals surface area contributed by atoms with Gasteiger partial charge in [-0.3, -0.25) is 0 Å². The van der Waals surface area contributed by atoms with Crippen LogP contribution in [0, 0.1) is 0 Å². The van der Waals surface area contributed by atoms with Crippen molar-refractivity contribution in [3.05, 3.63) is 0 Å². The lowest BCUT2D eigenvalue weighted by molar-refractivity contribution is 0.109. The molecule has 1 atom stereocenters. The molecule has 0 aromatic carbocycles. The second-order valence-electron chi connectivity index (χ2n) is 4.03. The molecule has 0 bridgehead atoms. The van der Waals surface area contributed by atoms with Crippen LogP contribution in [0.25, 0.3) is 0 Å². The highest BCUT2D eigenvalue weighted by Gasteiger charge is 2.13. The highest BCUT2D eigenvalue weighted by molar-refractivity contribution is 4.73. The van der Waals surface area contributed by atoms with Crippen LogP contribution in [0.1, 0.15) is 19.3 Å². The third kappa shape index (κ3) is 5.24. The third-order valence-corrected chi connectivity index (χ3v) is 2.38. The summed E-state index contributed by atoms with van der Waals surface area (Å²) in [5.41, 5.74) is 0. The maximum atomic E-state index is 5.58. The van der Waals surface area contributed by atoms with Gasteiger partial charge in [0.2, 0.25) is 0 Å². The van der Waals surface area contributed by atoms with Crippen molar-refractivity contribution in [2.45, 2.75) is 25.3 Å². The summed E-state index contributed by atoms with van der Waals surface area (Å²) < 4.78 is 5.58. The first-order chi connectivity index (χ1) is 6.29. The molecular formula is C10H22N2O. The first-order valence-corrected chi connectivity index (χ1v) is 5.25. The van der Waals surface area contributed by atoms with E-state index in [1.165, 1.54) is 19.4 Å². The summed E-state index contributed by atoms with van der Waals surface area (Å²) >= 11 is 0. The molecule has 1 aliphatic rings. The zero-order valence-corrected chi connectivity index (χ0v) is 8.88. The number of hydrogen-bond acceptors (Lipinski definition) is 3. The van der Waals surface area contributed by atoms with Gasteiger partial charge in [0.25, 0.3) is 0 Å². The van der Waals surface area contributed by atoms with Gasteiger partial charge >= 0.3 is 0 Å². The fourth-order valence-corrected chi connectivity index (χ4v) is 1.61. The predicted octanol–water partition coefficient (Wildman–Crippen LogP) is 0.707. The molecule has 0 amide bonds. The molecule has 0 spiro atoms. The maximum Gasteiger partial charge on any atom is 0.0619 e. The molecule has 1 fully saturated rings. The van der Waals surface area contributed by atoms with E-state index in [2.05, 4.69) is 24.3 Å². The van der Waals surface area contributed by atoms with E-state index in [1.54, 1.807) is 0 Å². The van der Waals surface area contributed by atoms with Crippen LogP contribution in [0.2, 0.25) is 0 Å². The van der Waals surface area contributed by atoms with Crippen molar-refractivity contribution in [1.82, 2.24) is 10.2 Å². The van der Waals surface area contributed by atoms with Crippen LogP contribution in [0.15, 0.2) is 0 Å². The van der Waals surface area contributed by atoms with Crippen molar-refractivity contribution in [2.24, 2.45) is 0 Å². The molecule has 1 aliphatic heterocycles. The molecule has 0 saturated carbocycles. The molecular weight excluding hydrogens is 164 g/mol. The second kappa shape index (κ2) is 6.35. The van der Waals surface area contributed by atoms with Gasteiger partial charge in [-0.2, -0.15) is 0 Å². The number of rotatable bonds is 6. The molecule has 13 heavy (non-hydrogen) atoms. The fourth-order valence-electron chi connectivity index (χ4n) is 1.61. The molecule has 3 nitrogen and oxygen atoms in total. The van der Waals surface area contributed by atoms with Gasteiger partial charge in [0, 0.05) is 12.6 Å². The number of nitrogens with one attached hydrogen (secondary N) is 1. The third-order valence-electron chi connectivity index (χ3n) is 2.38. The normalized spacial score (nSPS) is 22.8. The summed E-state index contributed by atoms with van der Waals surface area (Å²) in [6.07, 6.45) is 3.74. The van der Waals surface area contributed by atoms with Crippen LogP contribution in [0.4, 0.5) is 0 Å². The summed E-state index contributed by atoms with van der Waals surface area (Å²) in [5.74, 6) is 0. The zero-order chi connectivity index (χ0) is 9.52. The Morgan fingerprint density at radius 2 is 2.31 bits per heavy atom. The Morgan fingerprint density at radius 3 is 2.92 bits per heavy atom. The van der Waals surface area contributed by atoms with Crippen LogP contribution in [0.5, 0.6) is 0 Å². The van der Waals surface area contributed by atoms with E-state index in [1.807, 2.05) is 0 Å². The lowest BCUT2D eigenvalue weighted by Crippen LogP contribution is -2.27. The average Bonchev–Trinajstić information content (AvgIpc) is 2.55. The molecule has 1 rings (SSSR count). The van der Waals surface area contributed by atoms with E-state index in [-0.39, 0.29) is 0 Å². The molecule has 1 saturated heterocycles. The van der Waals surface area contributed by atoms with E-state index < -0.39 is 0 Å². The maximum absolute atomic E-state index is 5.58. The van der Waals surface area contributed by atoms with Crippen LogP contribution < -0.4 is 5.32 Å². The summed E-state index contributed by atoms with van der Waals surface area (Å²) in [5, 5.41) is 3.42. The van der Waals surface area contributed by atoms with Crippen LogP contribution in [0.3, 0.4) is 0 Å². The number of ether oxygens (including phenoxy) is 1. The van der Waals surface area contributed by atoms with Gasteiger partial charge < -0.3 is 15.0 Å². The Bertz CT molecular complexity index is 122. The summed E-state index contributed by atoms with van der Waals surface area (Å²) in [6.45, 7) is 4.09. The van der Waals surface area contributed by atoms with E-state index in [9.17, 15) is 0 Å². The summed E-state index contributed by atoms with van der Waals surface area (Å²) in [6, 6.07) is 0.624. The molecule has 1 heterocycles. The monoisotopic (exact) mass is 186 g/mol. The Morgan fingerprint density at radius 1 is 1.46 bits per heavy atom. The zero-order valence-electron chi connectivity index (χ0n) is 8.88. The Kier molecular flexibility index (Phi) is 5.35. The van der Waals surface area contributed by atoms with E-state index >= 15 is 0 Å². The molecule has 1 N–H and O–H groups in total. The van der Waals surface area contributed by atoms with Gasteiger partial charge in [0.05, 0.1) is 6.61 Å². The van der Waals surface area contributed by atoms with Crippen LogP contribution >= 0.6 is 0 Å². The quantitative estimate of drug-likeness (QED) is 0.618. The van der Waals surface area contributed by atoms with Gasteiger partial charge in [0.15, 0.2) is 0 Å². The van der Waals surface area contributed by atoms with Crippen molar-refractivity contribution >= 4 is 0 Å². The smallest absolute Gasteiger partial charge is 0.0619 e. The molecule has 1 unspecified atom stereocenters. The molecule has 0 aromatic rings. The number of hydrogen-bond donors (Lipinski definition) is 1. The van der Waals surface area contributed by atoms with Gasteiger partial charge in [0.1, 0.15) is 0 Å². The van der Waals surface area contributed by atoms with E-state index in [0.29, 0.717) is 6.04 Å². The molecule has 78 valence electrons. The topological polar surface area (TPSA) is 24.5 Å². The van der Waals surface area contributed by atoms with Crippen molar-refractivity contribution in [1.29, 1.82) is 0 Å². The van der Waals surface area contributed by atoms with Gasteiger partial charge in [-0.1, -0.05) is 0 Å². The first-order valence-electron chi connectivity index (χ1n) is 5.25. The van der Waals surface area contributed by atoms with Crippen molar-refractivity contribution in [2.75, 3.05) is 40.4 Å². The minimum absolute atomic E-state index is 0.624. The molecule has 3 heteroatoms. The van der Waals surface area contributed by atoms with Crippen LogP contribution in [-0.4, -0.2) is 51.3 Å². The predicted molar refractivity (Wildman–Crippen MR) is 55.0 cm³/mol. The summed E-state index contributed by atoms with van der Waals surface area (Å²) in [7, 11) is 4.19. The van der Waals surface area contributed by atoms with Crippen molar-refractivity contribution in [3.63, 3.8) is 0 Å². The average molecular weight is 186 g/mol. The lowest BCUT2D eigenvalue weighted by atomic mass is 10.2. The van der Waals surface area contributed by atoms with Gasteiger partial charge in [-0.05, 0) is 46.4 Å². The van der Waals surface area contributed by atoms with Gasteiger partial charge in [-0.15, -0.1) is 0 Å². The highest BCUT2D eigenvalue weighted by atomic mass is 16.5. The van der Waals surface area contributed by atoms with Crippen molar-refractivity contribution in [3.8, 4) is 0 Å². The summed E-state index contributed by atoms with van der Waals surface area (Å²) in [4.78, 5) is 2.19. The number of nitrogens with zero attached hydrogens (tertiary/aromatic N) is 1. The standard InChI is InChI=1S/C10H22N2O/c1-12(2)7-4-8-13-9-10-5-3-6-11-10/h10-11H,3-9H2,1-2H3. The van der Waals surface area contributed by atoms with Crippen LogP contribution in [-0.2, 0) is 4.74 Å². The molecule has 0 aromatic heterocycles. The van der Waals surface area contributed by atoms with E-state index in [4.69, 9.17) is 4.74 Å². The van der Waals surface area contributed by atoms with Gasteiger partial charge in [-0.25, -0.2) is 0 Å². The molecule has 0 radical (unpaired) electrons. The largest absolute Gasteiger partial charge is 0.380 e. The Balaban J connectivity index is 1.83. The Hall–Kier alpha value is -0.120.